The standard InChI is InChI=1S/C20H36N4O3S.HI/c1-6-21-20(22-14-8-9-15-27-7-2)23-16-18-10-12-19(13-11-18)28(25,26)24(5)17(3)4;/h10-13,17H,6-9,14-16H2,1-5H3,(H2,21,22,23);1H. The van der Waals surface area contributed by atoms with Crippen LogP contribution in [0.1, 0.15) is 46.1 Å². The molecule has 1 aromatic rings. The van der Waals surface area contributed by atoms with Crippen molar-refractivity contribution in [1.82, 2.24) is 14.9 Å². The maximum absolute atomic E-state index is 12.5. The first-order valence-corrected chi connectivity index (χ1v) is 11.4. The molecule has 168 valence electrons. The molecule has 2 N–H and O–H groups in total. The summed E-state index contributed by atoms with van der Waals surface area (Å²) in [6, 6.07) is 6.84. The minimum Gasteiger partial charge on any atom is -0.382 e. The Balaban J connectivity index is 0.00000784. The predicted molar refractivity (Wildman–Crippen MR) is 130 cm³/mol. The largest absolute Gasteiger partial charge is 0.382 e. The van der Waals surface area contributed by atoms with Gasteiger partial charge in [0.05, 0.1) is 11.4 Å². The Kier molecular flexibility index (Phi) is 14.5. The third-order valence-electron chi connectivity index (χ3n) is 4.30. The van der Waals surface area contributed by atoms with Crippen LogP contribution in [-0.2, 0) is 21.3 Å². The number of rotatable bonds is 12. The van der Waals surface area contributed by atoms with Crippen LogP contribution in [0.15, 0.2) is 34.2 Å². The van der Waals surface area contributed by atoms with Crippen LogP contribution in [-0.4, -0.2) is 58.1 Å². The summed E-state index contributed by atoms with van der Waals surface area (Å²) in [5.74, 6) is 0.759. The Morgan fingerprint density at radius 2 is 1.79 bits per heavy atom. The van der Waals surface area contributed by atoms with Crippen LogP contribution in [0, 0.1) is 0 Å². The number of ether oxygens (including phenoxy) is 1. The molecular formula is C20H37IN4O3S. The Morgan fingerprint density at radius 3 is 2.34 bits per heavy atom. The lowest BCUT2D eigenvalue weighted by Gasteiger charge is -2.21. The van der Waals surface area contributed by atoms with E-state index in [1.807, 2.05) is 39.8 Å². The molecule has 0 aromatic heterocycles. The van der Waals surface area contributed by atoms with Crippen molar-refractivity contribution in [2.75, 3.05) is 33.4 Å². The molecular weight excluding hydrogens is 503 g/mol. The summed E-state index contributed by atoms with van der Waals surface area (Å²) in [6.07, 6.45) is 2.03. The van der Waals surface area contributed by atoms with Crippen molar-refractivity contribution in [3.63, 3.8) is 0 Å². The number of benzene rings is 1. The van der Waals surface area contributed by atoms with Crippen LogP contribution in [0.5, 0.6) is 0 Å². The van der Waals surface area contributed by atoms with E-state index >= 15 is 0 Å². The maximum Gasteiger partial charge on any atom is 0.243 e. The van der Waals surface area contributed by atoms with E-state index in [2.05, 4.69) is 15.6 Å². The Hall–Kier alpha value is -0.910. The molecule has 0 aliphatic heterocycles. The molecule has 7 nitrogen and oxygen atoms in total. The number of nitrogens with zero attached hydrogens (tertiary/aromatic N) is 2. The van der Waals surface area contributed by atoms with Crippen molar-refractivity contribution in [2.24, 2.45) is 4.99 Å². The van der Waals surface area contributed by atoms with Gasteiger partial charge in [-0.05, 0) is 58.2 Å². The number of hydrogen-bond donors (Lipinski definition) is 2. The van der Waals surface area contributed by atoms with E-state index in [-0.39, 0.29) is 30.0 Å². The van der Waals surface area contributed by atoms with Crippen LogP contribution in [0.2, 0.25) is 0 Å². The summed E-state index contributed by atoms with van der Waals surface area (Å²) in [4.78, 5) is 4.88. The minimum atomic E-state index is -3.45. The van der Waals surface area contributed by atoms with E-state index in [0.717, 1.165) is 50.7 Å². The van der Waals surface area contributed by atoms with Gasteiger partial charge >= 0.3 is 0 Å². The van der Waals surface area contributed by atoms with Gasteiger partial charge in [0.1, 0.15) is 0 Å². The van der Waals surface area contributed by atoms with Crippen LogP contribution >= 0.6 is 24.0 Å². The van der Waals surface area contributed by atoms with Crippen molar-refractivity contribution in [3.8, 4) is 0 Å². The van der Waals surface area contributed by atoms with Crippen molar-refractivity contribution in [2.45, 2.75) is 58.0 Å². The number of nitrogens with one attached hydrogen (secondary N) is 2. The second kappa shape index (κ2) is 15.0. The highest BCUT2D eigenvalue weighted by Crippen LogP contribution is 2.17. The molecule has 1 rings (SSSR count). The number of unbranched alkanes of at least 4 members (excludes halogenated alkanes) is 1. The number of halogens is 1. The first-order chi connectivity index (χ1) is 13.3. The molecule has 0 radical (unpaired) electrons. The van der Waals surface area contributed by atoms with E-state index < -0.39 is 10.0 Å². The topological polar surface area (TPSA) is 83.0 Å². The lowest BCUT2D eigenvalue weighted by molar-refractivity contribution is 0.143. The first kappa shape index (κ1) is 28.1. The Bertz CT molecular complexity index is 694. The number of hydrogen-bond acceptors (Lipinski definition) is 4. The maximum atomic E-state index is 12.5. The van der Waals surface area contributed by atoms with Crippen molar-refractivity contribution in [1.29, 1.82) is 0 Å². The molecule has 0 aliphatic rings. The summed E-state index contributed by atoms with van der Waals surface area (Å²) in [5, 5.41) is 6.53. The number of sulfonamides is 1. The minimum absolute atomic E-state index is 0. The lowest BCUT2D eigenvalue weighted by atomic mass is 10.2. The third kappa shape index (κ3) is 10.1. The molecule has 0 saturated carbocycles. The van der Waals surface area contributed by atoms with E-state index in [0.29, 0.717) is 11.4 Å². The van der Waals surface area contributed by atoms with Crippen molar-refractivity contribution in [3.05, 3.63) is 29.8 Å². The molecule has 0 bridgehead atoms. The summed E-state index contributed by atoms with van der Waals surface area (Å²) < 4.78 is 31.7. The normalized spacial score (nSPS) is 12.2. The Morgan fingerprint density at radius 1 is 1.14 bits per heavy atom. The van der Waals surface area contributed by atoms with Gasteiger partial charge in [-0.25, -0.2) is 13.4 Å². The molecule has 0 heterocycles. The number of guanidine groups is 1. The smallest absolute Gasteiger partial charge is 0.243 e. The molecule has 0 unspecified atom stereocenters. The highest BCUT2D eigenvalue weighted by Gasteiger charge is 2.22. The fraction of sp³-hybridized carbons (Fsp3) is 0.650. The summed E-state index contributed by atoms with van der Waals surface area (Å²) in [5.41, 5.74) is 0.958. The Labute approximate surface area is 193 Å². The van der Waals surface area contributed by atoms with Gasteiger partial charge < -0.3 is 15.4 Å². The van der Waals surface area contributed by atoms with Crippen LogP contribution < -0.4 is 10.6 Å². The first-order valence-electron chi connectivity index (χ1n) is 9.99. The van der Waals surface area contributed by atoms with E-state index in [9.17, 15) is 8.42 Å². The van der Waals surface area contributed by atoms with Gasteiger partial charge in [-0.3, -0.25) is 0 Å². The van der Waals surface area contributed by atoms with Gasteiger partial charge in [0.2, 0.25) is 10.0 Å². The highest BCUT2D eigenvalue weighted by atomic mass is 127. The third-order valence-corrected chi connectivity index (χ3v) is 6.35. The summed E-state index contributed by atoms with van der Waals surface area (Å²) in [7, 11) is -1.86. The van der Waals surface area contributed by atoms with E-state index in [4.69, 9.17) is 4.74 Å². The van der Waals surface area contributed by atoms with Crippen LogP contribution in [0.25, 0.3) is 0 Å². The van der Waals surface area contributed by atoms with Gasteiger partial charge in [-0.1, -0.05) is 12.1 Å². The van der Waals surface area contributed by atoms with E-state index in [1.54, 1.807) is 19.2 Å². The van der Waals surface area contributed by atoms with Crippen molar-refractivity contribution < 1.29 is 13.2 Å². The molecule has 0 amide bonds. The molecule has 0 atom stereocenters. The molecule has 9 heteroatoms. The number of aliphatic imine (C=N–C) groups is 1. The highest BCUT2D eigenvalue weighted by molar-refractivity contribution is 14.0. The predicted octanol–water partition coefficient (Wildman–Crippen LogP) is 3.21. The SMILES string of the molecule is CCNC(=NCc1ccc(S(=O)(=O)N(C)C(C)C)cc1)NCCCCOCC.I. The zero-order valence-corrected chi connectivity index (χ0v) is 21.4. The van der Waals surface area contributed by atoms with Gasteiger partial charge in [-0.2, -0.15) is 4.31 Å². The monoisotopic (exact) mass is 540 g/mol. The fourth-order valence-electron chi connectivity index (χ4n) is 2.40. The second-order valence-electron chi connectivity index (χ2n) is 6.78. The molecule has 29 heavy (non-hydrogen) atoms. The zero-order valence-electron chi connectivity index (χ0n) is 18.3. The van der Waals surface area contributed by atoms with Gasteiger partial charge in [0.15, 0.2) is 5.96 Å². The van der Waals surface area contributed by atoms with Crippen LogP contribution in [0.4, 0.5) is 0 Å². The van der Waals surface area contributed by atoms with Crippen LogP contribution in [0.3, 0.4) is 0 Å². The molecule has 0 saturated heterocycles. The van der Waals surface area contributed by atoms with Gasteiger partial charge in [0.25, 0.3) is 0 Å². The average molecular weight is 541 g/mol. The van der Waals surface area contributed by atoms with Gasteiger partial charge in [-0.15, -0.1) is 24.0 Å². The molecule has 0 fully saturated rings. The van der Waals surface area contributed by atoms with Gasteiger partial charge in [0, 0.05) is 39.4 Å². The summed E-state index contributed by atoms with van der Waals surface area (Å²) in [6.45, 7) is 11.4. The molecule has 0 aliphatic carbocycles. The lowest BCUT2D eigenvalue weighted by Crippen LogP contribution is -2.37. The van der Waals surface area contributed by atoms with E-state index in [1.165, 1.54) is 4.31 Å². The molecule has 0 spiro atoms. The zero-order chi connectivity index (χ0) is 21.0. The quantitative estimate of drug-likeness (QED) is 0.184. The molecule has 1 aromatic carbocycles. The van der Waals surface area contributed by atoms with Crippen molar-refractivity contribution >= 4 is 40.0 Å². The second-order valence-corrected chi connectivity index (χ2v) is 8.78. The fourth-order valence-corrected chi connectivity index (χ4v) is 3.77. The average Bonchev–Trinajstić information content (AvgIpc) is 2.68. The summed E-state index contributed by atoms with van der Waals surface area (Å²) >= 11 is 0.